The number of hydrogen-bond acceptors (Lipinski definition) is 18. The van der Waals surface area contributed by atoms with Gasteiger partial charge in [-0.15, -0.1) is 0 Å². The first-order valence-corrected chi connectivity index (χ1v) is 17.0. The zero-order valence-corrected chi connectivity index (χ0v) is 25.0. The SMILES string of the molecule is Nc1nc2c(ncn2[C@@H]2O[C@@H]3COP(=O)(O)OC4[C@@H](COP(O)(=S)O[C@H]2C3O)O[C@@H](n2cnc3c(N)ncnc32)[C@H]4O)c(=O)[nH]1. The van der Waals surface area contributed by atoms with E-state index in [9.17, 15) is 29.4 Å². The molecule has 3 fully saturated rings. The molecule has 9 N–H and O–H groups in total. The van der Waals surface area contributed by atoms with Crippen LogP contribution in [-0.4, -0.2) is 109 Å². The fraction of sp³-hybridized carbons (Fsp3) is 0.500. The number of fused-ring (bicyclic) bond motifs is 5. The molecule has 4 unspecified atom stereocenters. The van der Waals surface area contributed by atoms with E-state index in [-0.39, 0.29) is 34.1 Å². The number of hydrogen-bond donors (Lipinski definition) is 7. The largest absolute Gasteiger partial charge is 0.472 e. The van der Waals surface area contributed by atoms with E-state index in [1.807, 2.05) is 0 Å². The number of anilines is 2. The van der Waals surface area contributed by atoms with Crippen LogP contribution in [0.4, 0.5) is 11.8 Å². The van der Waals surface area contributed by atoms with Crippen LogP contribution < -0.4 is 17.0 Å². The van der Waals surface area contributed by atoms with Gasteiger partial charge in [0.25, 0.3) is 5.56 Å². The van der Waals surface area contributed by atoms with Gasteiger partial charge in [0.05, 0.1) is 25.9 Å². The molecule has 4 aromatic rings. The predicted molar refractivity (Wildman–Crippen MR) is 150 cm³/mol. The van der Waals surface area contributed by atoms with Gasteiger partial charge in [-0.1, -0.05) is 0 Å². The second-order valence-electron chi connectivity index (χ2n) is 10.1. The number of aromatic nitrogens is 8. The van der Waals surface area contributed by atoms with Gasteiger partial charge < -0.3 is 45.5 Å². The third-order valence-corrected chi connectivity index (χ3v) is 9.87. The third kappa shape index (κ3) is 5.44. The Morgan fingerprint density at radius 2 is 1.58 bits per heavy atom. The summed E-state index contributed by atoms with van der Waals surface area (Å²) >= 11 is 5.21. The van der Waals surface area contributed by atoms with Crippen LogP contribution in [0.15, 0.2) is 23.8 Å². The Balaban J connectivity index is 1.21. The summed E-state index contributed by atoms with van der Waals surface area (Å²) in [5.41, 5.74) is 11.1. The molecule has 7 rings (SSSR count). The standard InChI is InChI=1S/C20H24N10O12P2S/c21-14-8-15(24-3-23-14)29(4-25-8)18-11(32)12-7(40-18)2-38-44(36,45)42-13-10(31)6(1-37-43(34,35)41-12)39-19(13)30-5-26-9-16(30)27-20(22)28-17(9)33/h3-7,10-13,18-19,31-32H,1-2H2,(H,34,35)(H,36,45)(H2,21,23,24)(H3,22,27,28,33)/t6-,7-,10?,11+,12?,13+,18-,19-,44?/m1/s1. The molecule has 22 nitrogen and oxygen atoms in total. The maximum absolute atomic E-state index is 13.1. The number of phosphoric acid groups is 1. The van der Waals surface area contributed by atoms with Crippen LogP contribution in [0.3, 0.4) is 0 Å². The van der Waals surface area contributed by atoms with E-state index in [2.05, 4.69) is 29.9 Å². The van der Waals surface area contributed by atoms with Gasteiger partial charge in [-0.3, -0.25) is 32.5 Å². The van der Waals surface area contributed by atoms with Gasteiger partial charge in [0.1, 0.15) is 48.5 Å². The zero-order valence-electron chi connectivity index (χ0n) is 22.4. The van der Waals surface area contributed by atoms with Crippen molar-refractivity contribution in [2.45, 2.75) is 49.1 Å². The summed E-state index contributed by atoms with van der Waals surface area (Å²) in [6.07, 6.45) is -8.14. The van der Waals surface area contributed by atoms with Crippen LogP contribution in [-0.2, 0) is 43.9 Å². The van der Waals surface area contributed by atoms with Crippen LogP contribution in [0, 0.1) is 0 Å². The van der Waals surface area contributed by atoms with Crippen molar-refractivity contribution >= 4 is 60.4 Å². The van der Waals surface area contributed by atoms with E-state index in [0.29, 0.717) is 0 Å². The van der Waals surface area contributed by atoms with E-state index < -0.39 is 82.4 Å². The highest BCUT2D eigenvalue weighted by atomic mass is 32.5. The second kappa shape index (κ2) is 11.1. The summed E-state index contributed by atoms with van der Waals surface area (Å²) in [5.74, 6) is -0.181. The Morgan fingerprint density at radius 1 is 0.889 bits per heavy atom. The molecule has 0 aliphatic carbocycles. The first-order chi connectivity index (χ1) is 21.3. The quantitative estimate of drug-likeness (QED) is 0.109. The number of H-pyrrole nitrogens is 1. The number of rotatable bonds is 2. The molecular weight excluding hydrogens is 666 g/mol. The van der Waals surface area contributed by atoms with Gasteiger partial charge in [-0.05, 0) is 11.8 Å². The van der Waals surface area contributed by atoms with Crippen molar-refractivity contribution in [2.75, 3.05) is 24.7 Å². The van der Waals surface area contributed by atoms with Crippen molar-refractivity contribution in [1.82, 2.24) is 39.0 Å². The van der Waals surface area contributed by atoms with Crippen molar-refractivity contribution in [1.29, 1.82) is 0 Å². The smallest absolute Gasteiger partial charge is 0.387 e. The average Bonchev–Trinajstić information content (AvgIpc) is 3.72. The average molecular weight is 690 g/mol. The van der Waals surface area contributed by atoms with E-state index in [0.717, 1.165) is 6.33 Å². The highest BCUT2D eigenvalue weighted by Crippen LogP contribution is 2.53. The maximum atomic E-state index is 13.1. The molecule has 3 saturated heterocycles. The van der Waals surface area contributed by atoms with Crippen LogP contribution in [0.2, 0.25) is 0 Å². The lowest BCUT2D eigenvalue weighted by Crippen LogP contribution is -2.36. The molecule has 0 amide bonds. The topological polar surface area (TPSA) is 313 Å². The number of aliphatic hydroxyl groups is 2. The Kier molecular flexibility index (Phi) is 7.52. The lowest BCUT2D eigenvalue weighted by atomic mass is 10.1. The van der Waals surface area contributed by atoms with Gasteiger partial charge >= 0.3 is 14.5 Å². The summed E-state index contributed by atoms with van der Waals surface area (Å²) in [6, 6.07) is 0. The van der Waals surface area contributed by atoms with Gasteiger partial charge in [0.2, 0.25) is 5.95 Å². The fourth-order valence-corrected chi connectivity index (χ4v) is 7.67. The van der Waals surface area contributed by atoms with E-state index in [4.69, 9.17) is 50.8 Å². The number of phosphoric ester groups is 1. The highest BCUT2D eigenvalue weighted by molar-refractivity contribution is 8.07. The number of nitrogens with two attached hydrogens (primary N) is 2. The van der Waals surface area contributed by atoms with E-state index >= 15 is 0 Å². The number of nitrogens with zero attached hydrogens (tertiary/aromatic N) is 7. The molecule has 242 valence electrons. The number of nitrogens with one attached hydrogen (secondary N) is 1. The Bertz CT molecular complexity index is 1940. The highest BCUT2D eigenvalue weighted by Gasteiger charge is 2.53. The van der Waals surface area contributed by atoms with Crippen LogP contribution in [0.25, 0.3) is 22.3 Å². The first-order valence-electron chi connectivity index (χ1n) is 13.0. The number of aromatic amines is 1. The zero-order chi connectivity index (χ0) is 31.8. The van der Waals surface area contributed by atoms with Crippen molar-refractivity contribution in [3.05, 3.63) is 29.3 Å². The number of imidazole rings is 2. The lowest BCUT2D eigenvalue weighted by molar-refractivity contribution is -0.0635. The molecule has 45 heavy (non-hydrogen) atoms. The molecule has 0 radical (unpaired) electrons. The van der Waals surface area contributed by atoms with Gasteiger partial charge in [0.15, 0.2) is 35.1 Å². The van der Waals surface area contributed by atoms with Gasteiger partial charge in [-0.2, -0.15) is 4.98 Å². The second-order valence-corrected chi connectivity index (χ2v) is 14.3. The minimum Gasteiger partial charge on any atom is -0.387 e. The molecule has 0 saturated carbocycles. The Morgan fingerprint density at radius 3 is 2.36 bits per heavy atom. The molecule has 3 aliphatic heterocycles. The Labute approximate surface area is 254 Å². The van der Waals surface area contributed by atoms with Gasteiger partial charge in [0, 0.05) is 0 Å². The van der Waals surface area contributed by atoms with E-state index in [1.54, 1.807) is 0 Å². The summed E-state index contributed by atoms with van der Waals surface area (Å²) in [6.45, 7) is -5.66. The van der Waals surface area contributed by atoms with Gasteiger partial charge in [-0.25, -0.2) is 24.5 Å². The minimum atomic E-state index is -5.01. The number of ether oxygens (including phenoxy) is 2. The fourth-order valence-electron chi connectivity index (χ4n) is 5.30. The summed E-state index contributed by atoms with van der Waals surface area (Å²) in [4.78, 5) is 56.5. The van der Waals surface area contributed by atoms with Crippen LogP contribution in [0.1, 0.15) is 12.5 Å². The van der Waals surface area contributed by atoms with Crippen molar-refractivity contribution in [3.8, 4) is 0 Å². The Hall–Kier alpha value is -3.02. The molecule has 25 heteroatoms. The van der Waals surface area contributed by atoms with Crippen LogP contribution in [0.5, 0.6) is 0 Å². The predicted octanol–water partition coefficient (Wildman–Crippen LogP) is -2.23. The molecular formula is C20H24N10O12P2S. The van der Waals surface area contributed by atoms with Crippen molar-refractivity contribution < 1.29 is 52.1 Å². The molecule has 3 aliphatic rings. The lowest BCUT2D eigenvalue weighted by Gasteiger charge is -2.27. The van der Waals surface area contributed by atoms with E-state index in [1.165, 1.54) is 21.8 Å². The first kappa shape index (κ1) is 30.6. The summed E-state index contributed by atoms with van der Waals surface area (Å²) in [5, 5.41) is 22.3. The molecule has 0 aromatic carbocycles. The molecule has 7 heterocycles. The normalized spacial score (nSPS) is 37.7. The number of aliphatic hydroxyl groups excluding tert-OH is 2. The molecule has 2 bridgehead atoms. The van der Waals surface area contributed by atoms with Crippen LogP contribution >= 0.6 is 14.5 Å². The summed E-state index contributed by atoms with van der Waals surface area (Å²) in [7, 11) is -5.01. The molecule has 10 atom stereocenters. The number of nitrogen functional groups attached to an aromatic ring is 2. The summed E-state index contributed by atoms with van der Waals surface area (Å²) < 4.78 is 49.1. The maximum Gasteiger partial charge on any atom is 0.472 e. The minimum absolute atomic E-state index is 0.0608. The molecule has 4 aromatic heterocycles. The monoisotopic (exact) mass is 690 g/mol. The van der Waals surface area contributed by atoms with Crippen molar-refractivity contribution in [2.24, 2.45) is 0 Å². The molecule has 0 spiro atoms. The van der Waals surface area contributed by atoms with Crippen molar-refractivity contribution in [3.63, 3.8) is 0 Å². The third-order valence-electron chi connectivity index (χ3n) is 7.32.